The van der Waals surface area contributed by atoms with Gasteiger partial charge in [-0.2, -0.15) is 0 Å². The van der Waals surface area contributed by atoms with Crippen LogP contribution in [0.15, 0.2) is 0 Å². The summed E-state index contributed by atoms with van der Waals surface area (Å²) in [7, 11) is 0. The minimum Gasteiger partial charge on any atom is -0.368 e. The maximum absolute atomic E-state index is 12.1. The molecule has 0 bridgehead atoms. The summed E-state index contributed by atoms with van der Waals surface area (Å²) in [6, 6.07) is 0. The Bertz CT molecular complexity index is 274. The van der Waals surface area contributed by atoms with Gasteiger partial charge in [0.15, 0.2) is 0 Å². The van der Waals surface area contributed by atoms with E-state index in [1.807, 2.05) is 27.7 Å². The molecule has 1 saturated heterocycles. The van der Waals surface area contributed by atoms with E-state index in [-0.39, 0.29) is 5.92 Å². The van der Waals surface area contributed by atoms with Crippen LogP contribution in [0.5, 0.6) is 0 Å². The molecule has 16 heavy (non-hydrogen) atoms. The van der Waals surface area contributed by atoms with E-state index in [0.717, 1.165) is 5.06 Å². The molecule has 1 aliphatic heterocycles. The largest absolute Gasteiger partial charge is 0.368 e. The predicted molar refractivity (Wildman–Crippen MR) is 62.2 cm³/mol. The average molecular weight is 248 g/mol. The van der Waals surface area contributed by atoms with Crippen LogP contribution < -0.4 is 5.73 Å². The van der Waals surface area contributed by atoms with E-state index in [4.69, 9.17) is 17.3 Å². The Balaban J connectivity index is 2.91. The molecule has 1 aliphatic rings. The lowest BCUT2D eigenvalue weighted by Gasteiger charge is -2.50. The van der Waals surface area contributed by atoms with Crippen LogP contribution >= 0.6 is 11.6 Å². The molecular weight excluding hydrogens is 228 g/mol. The molecule has 1 fully saturated rings. The van der Waals surface area contributed by atoms with E-state index in [1.165, 1.54) is 0 Å². The molecule has 5 heteroatoms. The second-order valence-corrected chi connectivity index (χ2v) is 6.36. The highest BCUT2D eigenvalue weighted by atomic mass is 35.5. The highest BCUT2D eigenvalue weighted by Gasteiger charge is 2.48. The fourth-order valence-corrected chi connectivity index (χ4v) is 2.96. The number of primary amides is 1. The van der Waals surface area contributed by atoms with Crippen molar-refractivity contribution in [2.24, 2.45) is 11.7 Å². The minimum absolute atomic E-state index is 0.0330. The maximum Gasteiger partial charge on any atom is 0.235 e. The number of piperidine rings is 1. The third-order valence-corrected chi connectivity index (χ3v) is 3.88. The van der Waals surface area contributed by atoms with Crippen molar-refractivity contribution in [2.45, 2.75) is 57.0 Å². The summed E-state index contributed by atoms with van der Waals surface area (Å²) < 4.78 is 0. The van der Waals surface area contributed by atoms with Gasteiger partial charge in [0.2, 0.25) is 5.91 Å². The Morgan fingerprint density at radius 3 is 2.00 bits per heavy atom. The summed E-state index contributed by atoms with van der Waals surface area (Å²) >= 11 is 6.00. The molecule has 0 saturated carbocycles. The molecule has 2 N–H and O–H groups in total. The van der Waals surface area contributed by atoms with Crippen molar-refractivity contribution in [1.82, 2.24) is 5.06 Å². The molecule has 93 valence electrons. The monoisotopic (exact) mass is 247 g/mol. The number of amides is 1. The topological polar surface area (TPSA) is 66.2 Å². The first kappa shape index (κ1) is 13.7. The molecule has 0 aromatic carbocycles. The van der Waals surface area contributed by atoms with E-state index in [1.54, 1.807) is 0 Å². The van der Waals surface area contributed by atoms with Crippen LogP contribution in [-0.2, 0) is 10.0 Å². The van der Waals surface area contributed by atoms with Gasteiger partial charge in [-0.05, 0) is 46.5 Å². The molecular formula is C11H20ClN2O2. The second-order valence-electron chi connectivity index (χ2n) is 5.89. The molecule has 1 atom stereocenters. The summed E-state index contributed by atoms with van der Waals surface area (Å²) in [4.78, 5) is 11.1. The maximum atomic E-state index is 12.1. The van der Waals surface area contributed by atoms with Crippen LogP contribution in [0.25, 0.3) is 0 Å². The van der Waals surface area contributed by atoms with Crippen molar-refractivity contribution < 1.29 is 10.0 Å². The molecule has 0 aromatic heterocycles. The highest BCUT2D eigenvalue weighted by Crippen LogP contribution is 2.42. The van der Waals surface area contributed by atoms with Gasteiger partial charge in [0.25, 0.3) is 0 Å². The average Bonchev–Trinajstić information content (AvgIpc) is 2.11. The van der Waals surface area contributed by atoms with E-state index in [2.05, 4.69) is 0 Å². The Kier molecular flexibility index (Phi) is 3.58. The number of hydrogen-bond donors (Lipinski definition) is 1. The van der Waals surface area contributed by atoms with E-state index < -0.39 is 22.4 Å². The van der Waals surface area contributed by atoms with Gasteiger partial charge >= 0.3 is 0 Å². The molecule has 1 radical (unpaired) electrons. The van der Waals surface area contributed by atoms with E-state index >= 15 is 0 Å². The molecule has 0 aromatic rings. The Hall–Kier alpha value is -0.320. The number of halogens is 1. The number of rotatable bonds is 2. The molecule has 1 heterocycles. The summed E-state index contributed by atoms with van der Waals surface area (Å²) in [5.41, 5.74) is 4.21. The molecule has 1 rings (SSSR count). The molecule has 0 aliphatic carbocycles. The van der Waals surface area contributed by atoms with Crippen molar-refractivity contribution in [3.63, 3.8) is 0 Å². The van der Waals surface area contributed by atoms with Crippen LogP contribution in [-0.4, -0.2) is 27.4 Å². The fraction of sp³-hybridized carbons (Fsp3) is 0.909. The number of hydrogen-bond acceptors (Lipinski definition) is 2. The van der Waals surface area contributed by atoms with Crippen LogP contribution in [0, 0.1) is 5.92 Å². The second kappa shape index (κ2) is 4.17. The zero-order valence-electron chi connectivity index (χ0n) is 10.3. The van der Waals surface area contributed by atoms with Crippen LogP contribution in [0.1, 0.15) is 40.5 Å². The van der Waals surface area contributed by atoms with E-state index in [9.17, 15) is 10.0 Å². The predicted octanol–water partition coefficient (Wildman–Crippen LogP) is 1.69. The van der Waals surface area contributed by atoms with Gasteiger partial charge in [-0.15, -0.1) is 21.9 Å². The quantitative estimate of drug-likeness (QED) is 0.755. The zero-order chi connectivity index (χ0) is 12.7. The van der Waals surface area contributed by atoms with Gasteiger partial charge in [0.05, 0.1) is 0 Å². The number of carbonyl (C=O) groups excluding carboxylic acids is 1. The Morgan fingerprint density at radius 1 is 1.31 bits per heavy atom. The first-order chi connectivity index (χ1) is 7.08. The first-order valence-electron chi connectivity index (χ1n) is 5.49. The van der Waals surface area contributed by atoms with Crippen LogP contribution in [0.3, 0.4) is 0 Å². The number of nitrogens with two attached hydrogens (primary N) is 1. The van der Waals surface area contributed by atoms with Crippen LogP contribution in [0.4, 0.5) is 0 Å². The number of alkyl halides is 1. The van der Waals surface area contributed by atoms with Crippen molar-refractivity contribution in [3.8, 4) is 0 Å². The zero-order valence-corrected chi connectivity index (χ0v) is 11.0. The molecule has 1 amide bonds. The van der Waals surface area contributed by atoms with Gasteiger partial charge in [0, 0.05) is 11.1 Å². The normalized spacial score (nSPS) is 27.6. The number of carbonyl (C=O) groups is 1. The minimum atomic E-state index is -0.688. The molecule has 0 spiro atoms. The number of hydroxylamine groups is 2. The third kappa shape index (κ3) is 2.50. The van der Waals surface area contributed by atoms with Crippen molar-refractivity contribution in [3.05, 3.63) is 0 Å². The van der Waals surface area contributed by atoms with Gasteiger partial charge in [-0.3, -0.25) is 4.79 Å². The Morgan fingerprint density at radius 2 is 1.69 bits per heavy atom. The lowest BCUT2D eigenvalue weighted by atomic mass is 9.74. The SMILES string of the molecule is CC1(C)CC(C(Cl)C(N)=O)CC(C)(C)N1[O]. The first-order valence-corrected chi connectivity index (χ1v) is 5.92. The van der Waals surface area contributed by atoms with Gasteiger partial charge < -0.3 is 5.73 Å². The number of nitrogens with zero attached hydrogens (tertiary/aromatic N) is 1. The Labute approximate surface area is 102 Å². The lowest BCUT2D eigenvalue weighted by molar-refractivity contribution is -0.293. The van der Waals surface area contributed by atoms with Gasteiger partial charge in [0.1, 0.15) is 5.38 Å². The standard InChI is InChI=1S/C11H20ClN2O2/c1-10(2)5-7(8(12)9(13)15)6-11(3,4)14(10)16/h7-8H,5-6H2,1-4H3,(H2,13,15). The third-order valence-electron chi connectivity index (χ3n) is 3.31. The van der Waals surface area contributed by atoms with Crippen molar-refractivity contribution in [2.75, 3.05) is 0 Å². The summed E-state index contributed by atoms with van der Waals surface area (Å²) in [5, 5.41) is 12.5. The highest BCUT2D eigenvalue weighted by molar-refractivity contribution is 6.30. The van der Waals surface area contributed by atoms with E-state index in [0.29, 0.717) is 12.8 Å². The lowest BCUT2D eigenvalue weighted by Crippen LogP contribution is -2.59. The van der Waals surface area contributed by atoms with Gasteiger partial charge in [-0.1, -0.05) is 0 Å². The van der Waals surface area contributed by atoms with Crippen molar-refractivity contribution in [1.29, 1.82) is 0 Å². The fourth-order valence-electron chi connectivity index (χ4n) is 2.78. The molecule has 4 nitrogen and oxygen atoms in total. The van der Waals surface area contributed by atoms with Gasteiger partial charge in [-0.25, -0.2) is 0 Å². The smallest absolute Gasteiger partial charge is 0.235 e. The summed E-state index contributed by atoms with van der Waals surface area (Å²) in [6.07, 6.45) is 1.19. The van der Waals surface area contributed by atoms with Crippen LogP contribution in [0.2, 0.25) is 0 Å². The molecule has 1 unspecified atom stereocenters. The summed E-state index contributed by atoms with van der Waals surface area (Å²) in [6.45, 7) is 7.49. The summed E-state index contributed by atoms with van der Waals surface area (Å²) in [5.74, 6) is -0.535. The van der Waals surface area contributed by atoms with Crippen molar-refractivity contribution >= 4 is 17.5 Å².